The van der Waals surface area contributed by atoms with Crippen molar-refractivity contribution in [1.82, 2.24) is 10.2 Å². The van der Waals surface area contributed by atoms with E-state index >= 15 is 0 Å². The molecule has 2 fully saturated rings. The van der Waals surface area contributed by atoms with Crippen molar-refractivity contribution in [3.05, 3.63) is 0 Å². The lowest BCUT2D eigenvalue weighted by Gasteiger charge is -2.39. The van der Waals surface area contributed by atoms with Crippen LogP contribution in [-0.2, 0) is 0 Å². The Balaban J connectivity index is 1.97. The van der Waals surface area contributed by atoms with Crippen molar-refractivity contribution in [1.29, 1.82) is 0 Å². The van der Waals surface area contributed by atoms with Crippen LogP contribution >= 0.6 is 0 Å². The van der Waals surface area contributed by atoms with E-state index in [9.17, 15) is 5.11 Å². The second-order valence-electron chi connectivity index (χ2n) is 4.75. The molecule has 0 spiro atoms. The molecule has 82 valence electrons. The van der Waals surface area contributed by atoms with E-state index in [2.05, 4.69) is 17.1 Å². The summed E-state index contributed by atoms with van der Waals surface area (Å²) in [7, 11) is 0. The average Bonchev–Trinajstić information content (AvgIpc) is 2.66. The van der Waals surface area contributed by atoms with Crippen LogP contribution in [0, 0.1) is 5.92 Å². The van der Waals surface area contributed by atoms with Crippen LogP contribution in [0.3, 0.4) is 0 Å². The van der Waals surface area contributed by atoms with E-state index in [0.29, 0.717) is 18.7 Å². The lowest BCUT2D eigenvalue weighted by molar-refractivity contribution is 0.0750. The Morgan fingerprint density at radius 2 is 2.29 bits per heavy atom. The number of hydrogen-bond donors (Lipinski definition) is 2. The fourth-order valence-electron chi connectivity index (χ4n) is 2.98. The molecule has 0 aromatic rings. The summed E-state index contributed by atoms with van der Waals surface area (Å²) in [4.78, 5) is 2.55. The number of aliphatic hydroxyl groups is 1. The van der Waals surface area contributed by atoms with E-state index in [1.807, 2.05) is 0 Å². The van der Waals surface area contributed by atoms with Crippen LogP contribution in [0.5, 0.6) is 0 Å². The van der Waals surface area contributed by atoms with Gasteiger partial charge < -0.3 is 10.4 Å². The molecule has 2 N–H and O–H groups in total. The highest BCUT2D eigenvalue weighted by molar-refractivity contribution is 4.89. The fraction of sp³-hybridized carbons (Fsp3) is 1.00. The van der Waals surface area contributed by atoms with Gasteiger partial charge in [-0.25, -0.2) is 0 Å². The summed E-state index contributed by atoms with van der Waals surface area (Å²) in [6.45, 7) is 6.14. The molecule has 2 aliphatic rings. The molecule has 3 nitrogen and oxygen atoms in total. The highest BCUT2D eigenvalue weighted by atomic mass is 16.3. The fourth-order valence-corrected chi connectivity index (χ4v) is 2.98. The normalized spacial score (nSPS) is 40.3. The number of piperidine rings is 1. The molecule has 0 amide bonds. The third kappa shape index (κ3) is 1.95. The summed E-state index contributed by atoms with van der Waals surface area (Å²) in [6.07, 6.45) is 3.70. The van der Waals surface area contributed by atoms with Gasteiger partial charge in [-0.15, -0.1) is 0 Å². The Labute approximate surface area is 86.5 Å². The maximum atomic E-state index is 9.30. The van der Waals surface area contributed by atoms with Gasteiger partial charge in [0.25, 0.3) is 0 Å². The molecule has 0 saturated carbocycles. The molecule has 0 aromatic heterocycles. The van der Waals surface area contributed by atoms with E-state index in [0.717, 1.165) is 19.0 Å². The lowest BCUT2D eigenvalue weighted by Crippen LogP contribution is -2.51. The Morgan fingerprint density at radius 3 is 3.00 bits per heavy atom. The summed E-state index contributed by atoms with van der Waals surface area (Å²) in [5, 5.41) is 12.7. The average molecular weight is 198 g/mol. The maximum absolute atomic E-state index is 9.30. The molecule has 0 aliphatic carbocycles. The molecule has 2 rings (SSSR count). The number of likely N-dealkylation sites (tertiary alicyclic amines) is 1. The minimum absolute atomic E-state index is 0.344. The van der Waals surface area contributed by atoms with Gasteiger partial charge in [0.15, 0.2) is 0 Å². The molecule has 3 heteroatoms. The van der Waals surface area contributed by atoms with Gasteiger partial charge in [0.05, 0.1) is 6.61 Å². The van der Waals surface area contributed by atoms with E-state index in [1.165, 1.54) is 25.8 Å². The SMILES string of the molecule is CC1CNCCC1N1CCC[C@@H]1CO. The van der Waals surface area contributed by atoms with Gasteiger partial charge in [0, 0.05) is 12.1 Å². The molecule has 2 unspecified atom stereocenters. The van der Waals surface area contributed by atoms with Crippen LogP contribution < -0.4 is 5.32 Å². The van der Waals surface area contributed by atoms with Crippen molar-refractivity contribution in [2.24, 2.45) is 5.92 Å². The van der Waals surface area contributed by atoms with Gasteiger partial charge in [-0.1, -0.05) is 6.92 Å². The minimum atomic E-state index is 0.344. The molecule has 3 atom stereocenters. The number of rotatable bonds is 2. The smallest absolute Gasteiger partial charge is 0.0586 e. The van der Waals surface area contributed by atoms with Crippen molar-refractivity contribution in [2.75, 3.05) is 26.2 Å². The maximum Gasteiger partial charge on any atom is 0.0586 e. The molecule has 0 aromatic carbocycles. The molecule has 2 aliphatic heterocycles. The predicted molar refractivity (Wildman–Crippen MR) is 57.3 cm³/mol. The zero-order valence-corrected chi connectivity index (χ0v) is 9.08. The van der Waals surface area contributed by atoms with Crippen molar-refractivity contribution < 1.29 is 5.11 Å². The van der Waals surface area contributed by atoms with Crippen molar-refractivity contribution >= 4 is 0 Å². The number of nitrogens with one attached hydrogen (secondary N) is 1. The van der Waals surface area contributed by atoms with E-state index in [4.69, 9.17) is 0 Å². The molecule has 14 heavy (non-hydrogen) atoms. The van der Waals surface area contributed by atoms with Gasteiger partial charge in [-0.05, 0) is 44.8 Å². The zero-order chi connectivity index (χ0) is 9.97. The van der Waals surface area contributed by atoms with Crippen molar-refractivity contribution in [2.45, 2.75) is 38.3 Å². The molecule has 2 saturated heterocycles. The van der Waals surface area contributed by atoms with Gasteiger partial charge in [-0.2, -0.15) is 0 Å². The van der Waals surface area contributed by atoms with E-state index in [-0.39, 0.29) is 0 Å². The van der Waals surface area contributed by atoms with Crippen LogP contribution in [0.15, 0.2) is 0 Å². The van der Waals surface area contributed by atoms with Crippen LogP contribution in [0.1, 0.15) is 26.2 Å². The van der Waals surface area contributed by atoms with Crippen LogP contribution in [0.25, 0.3) is 0 Å². The quantitative estimate of drug-likeness (QED) is 0.676. The third-order valence-electron chi connectivity index (χ3n) is 3.80. The number of nitrogens with zero attached hydrogens (tertiary/aromatic N) is 1. The largest absolute Gasteiger partial charge is 0.395 e. The molecule has 0 bridgehead atoms. The first-order valence-corrected chi connectivity index (χ1v) is 5.90. The zero-order valence-electron chi connectivity index (χ0n) is 9.08. The van der Waals surface area contributed by atoms with E-state index in [1.54, 1.807) is 0 Å². The van der Waals surface area contributed by atoms with Crippen LogP contribution in [0.4, 0.5) is 0 Å². The highest BCUT2D eigenvalue weighted by Crippen LogP contribution is 2.26. The standard InChI is InChI=1S/C11H22N2O/c1-9-7-12-5-4-11(9)13-6-2-3-10(13)8-14/h9-12,14H,2-8H2,1H3/t9?,10-,11?/m1/s1. The summed E-state index contributed by atoms with van der Waals surface area (Å²) < 4.78 is 0. The second-order valence-corrected chi connectivity index (χ2v) is 4.75. The topological polar surface area (TPSA) is 35.5 Å². The van der Waals surface area contributed by atoms with E-state index < -0.39 is 0 Å². The monoisotopic (exact) mass is 198 g/mol. The van der Waals surface area contributed by atoms with Gasteiger partial charge in [0.2, 0.25) is 0 Å². The minimum Gasteiger partial charge on any atom is -0.395 e. The van der Waals surface area contributed by atoms with Crippen molar-refractivity contribution in [3.8, 4) is 0 Å². The molecular formula is C11H22N2O. The third-order valence-corrected chi connectivity index (χ3v) is 3.80. The first kappa shape index (κ1) is 10.4. The van der Waals surface area contributed by atoms with Gasteiger partial charge in [0.1, 0.15) is 0 Å². The van der Waals surface area contributed by atoms with Crippen LogP contribution in [-0.4, -0.2) is 48.3 Å². The summed E-state index contributed by atoms with van der Waals surface area (Å²) in [5.74, 6) is 0.732. The van der Waals surface area contributed by atoms with Crippen LogP contribution in [0.2, 0.25) is 0 Å². The summed E-state index contributed by atoms with van der Waals surface area (Å²) in [6, 6.07) is 1.15. The molecular weight excluding hydrogens is 176 g/mol. The number of hydrogen-bond acceptors (Lipinski definition) is 3. The van der Waals surface area contributed by atoms with Gasteiger partial charge >= 0.3 is 0 Å². The molecule has 0 radical (unpaired) electrons. The summed E-state index contributed by atoms with van der Waals surface area (Å²) >= 11 is 0. The lowest BCUT2D eigenvalue weighted by atomic mass is 9.93. The first-order chi connectivity index (χ1) is 6.83. The second kappa shape index (κ2) is 4.60. The first-order valence-electron chi connectivity index (χ1n) is 5.90. The predicted octanol–water partition coefficient (Wildman–Crippen LogP) is 0.441. The van der Waals surface area contributed by atoms with Gasteiger partial charge in [-0.3, -0.25) is 4.90 Å². The summed E-state index contributed by atoms with van der Waals surface area (Å²) in [5.41, 5.74) is 0. The Kier molecular flexibility index (Phi) is 3.42. The highest BCUT2D eigenvalue weighted by Gasteiger charge is 2.34. The van der Waals surface area contributed by atoms with Crippen molar-refractivity contribution in [3.63, 3.8) is 0 Å². The Hall–Kier alpha value is -0.120. The Morgan fingerprint density at radius 1 is 1.43 bits per heavy atom. The number of aliphatic hydroxyl groups excluding tert-OH is 1. The Bertz CT molecular complexity index is 186. The molecule has 2 heterocycles.